The predicted octanol–water partition coefficient (Wildman–Crippen LogP) is 6.60. The van der Waals surface area contributed by atoms with Crippen LogP contribution >= 0.6 is 0 Å². The average Bonchev–Trinajstić information content (AvgIpc) is 4.07. The number of nitrogens with zero attached hydrogens (tertiary/aromatic N) is 5. The van der Waals surface area contributed by atoms with Crippen LogP contribution in [0.25, 0.3) is 33.6 Å². The smallest absolute Gasteiger partial charge is 0.407 e. The normalized spacial score (nSPS) is 21.9. The minimum Gasteiger partial charge on any atom is -0.453 e. The maximum Gasteiger partial charge on any atom is 0.407 e. The van der Waals surface area contributed by atoms with Crippen molar-refractivity contribution in [3.8, 4) is 33.6 Å². The summed E-state index contributed by atoms with van der Waals surface area (Å²) in [5, 5.41) is 2.71. The van der Waals surface area contributed by atoms with Crippen LogP contribution in [0.15, 0.2) is 91.3 Å². The molecule has 0 aliphatic carbocycles. The number of carbonyl (C=O) groups is 3. The molecule has 5 aromatic rings. The van der Waals surface area contributed by atoms with Crippen LogP contribution in [0.1, 0.15) is 67.4 Å². The molecular formula is C42H45FN8O4. The SMILES string of the molecule is COC(=O)N[C@@H](C(=O)N1CCC[C@H]1c1ncc(-c2ccc(-c3ccc(-c4cnc([C@@H]5CCCN5C(=O)[C@@H]5C[C@@H](F)CN5C)[nH]4)cc3)cc2)[nH]1)c1ccccc1. The van der Waals surface area contributed by atoms with Gasteiger partial charge in [0.05, 0.1) is 49.0 Å². The fourth-order valence-corrected chi connectivity index (χ4v) is 8.31. The van der Waals surface area contributed by atoms with Gasteiger partial charge in [0, 0.05) is 26.1 Å². The van der Waals surface area contributed by atoms with Crippen LogP contribution in [-0.4, -0.2) is 98.5 Å². The van der Waals surface area contributed by atoms with Gasteiger partial charge >= 0.3 is 6.09 Å². The number of alkyl halides is 1. The first-order valence-corrected chi connectivity index (χ1v) is 18.9. The molecule has 55 heavy (non-hydrogen) atoms. The van der Waals surface area contributed by atoms with Gasteiger partial charge in [-0.1, -0.05) is 78.9 Å². The zero-order valence-electron chi connectivity index (χ0n) is 31.0. The third-order valence-electron chi connectivity index (χ3n) is 11.2. The minimum absolute atomic E-state index is 0.0116. The molecule has 12 nitrogen and oxygen atoms in total. The fourth-order valence-electron chi connectivity index (χ4n) is 8.31. The summed E-state index contributed by atoms with van der Waals surface area (Å²) >= 11 is 0. The van der Waals surface area contributed by atoms with E-state index in [1.807, 2.05) is 53.4 Å². The molecule has 5 atom stereocenters. The number of ether oxygens (including phenoxy) is 1. The largest absolute Gasteiger partial charge is 0.453 e. The Kier molecular flexibility index (Phi) is 10.2. The zero-order valence-corrected chi connectivity index (χ0v) is 31.0. The number of H-pyrrole nitrogens is 2. The van der Waals surface area contributed by atoms with Crippen LogP contribution in [0.3, 0.4) is 0 Å². The average molecular weight is 745 g/mol. The highest BCUT2D eigenvalue weighted by Gasteiger charge is 2.41. The van der Waals surface area contributed by atoms with Gasteiger partial charge in [-0.05, 0) is 60.5 Å². The van der Waals surface area contributed by atoms with E-state index in [1.165, 1.54) is 7.11 Å². The Morgan fingerprint density at radius 3 is 1.84 bits per heavy atom. The highest BCUT2D eigenvalue weighted by atomic mass is 19.1. The molecule has 3 aliphatic heterocycles. The molecule has 3 saturated heterocycles. The first-order valence-electron chi connectivity index (χ1n) is 18.9. The van der Waals surface area contributed by atoms with E-state index in [0.717, 1.165) is 65.1 Å². The maximum absolute atomic E-state index is 14.0. The molecule has 284 valence electrons. The van der Waals surface area contributed by atoms with E-state index in [4.69, 9.17) is 9.72 Å². The van der Waals surface area contributed by atoms with Crippen molar-refractivity contribution in [1.82, 2.24) is 40.0 Å². The number of carbonyl (C=O) groups excluding carboxylic acids is 3. The molecule has 0 bridgehead atoms. The van der Waals surface area contributed by atoms with Crippen molar-refractivity contribution in [2.75, 3.05) is 33.8 Å². The second-order valence-electron chi connectivity index (χ2n) is 14.7. The number of methoxy groups -OCH3 is 1. The third-order valence-corrected chi connectivity index (χ3v) is 11.2. The lowest BCUT2D eigenvalue weighted by atomic mass is 10.0. The number of halogens is 1. The van der Waals surface area contributed by atoms with Crippen LogP contribution in [0.4, 0.5) is 9.18 Å². The van der Waals surface area contributed by atoms with Gasteiger partial charge in [0.25, 0.3) is 5.91 Å². The number of rotatable bonds is 9. The lowest BCUT2D eigenvalue weighted by Gasteiger charge is -2.28. The number of amides is 3. The quantitative estimate of drug-likeness (QED) is 0.155. The number of likely N-dealkylation sites (N-methyl/N-ethyl adjacent to an activating group) is 1. The number of aromatic nitrogens is 4. The van der Waals surface area contributed by atoms with E-state index in [-0.39, 0.29) is 30.3 Å². The Morgan fingerprint density at radius 2 is 1.31 bits per heavy atom. The van der Waals surface area contributed by atoms with Gasteiger partial charge in [-0.15, -0.1) is 0 Å². The van der Waals surface area contributed by atoms with Crippen molar-refractivity contribution < 1.29 is 23.5 Å². The summed E-state index contributed by atoms with van der Waals surface area (Å²) in [5.74, 6) is 1.25. The number of likely N-dealkylation sites (tertiary alicyclic amines) is 3. The van der Waals surface area contributed by atoms with Crippen LogP contribution in [0.5, 0.6) is 0 Å². The lowest BCUT2D eigenvalue weighted by molar-refractivity contribution is -0.137. The molecule has 3 amide bonds. The van der Waals surface area contributed by atoms with Crippen LogP contribution in [-0.2, 0) is 14.3 Å². The highest BCUT2D eigenvalue weighted by molar-refractivity contribution is 5.87. The molecule has 3 aliphatic rings. The van der Waals surface area contributed by atoms with E-state index in [2.05, 4.69) is 68.8 Å². The standard InChI is InChI=1S/C42H45FN8O4/c1-49-25-31(43)22-36(49)40(52)50-20-6-10-34(50)38-44-23-32(46-38)28-16-12-26(13-17-28)27-14-18-29(19-15-27)33-24-45-39(47-33)35-11-7-21-51(35)41(53)37(48-42(54)55-2)30-8-4-3-5-9-30/h3-5,8-9,12-19,23-24,31,34-37H,6-7,10-11,20-22,25H2,1-2H3,(H,44,46)(H,45,47)(H,48,54)/t31-,34+,35+,36+,37-/m1/s1. The number of alkyl carbamates (subject to hydrolysis) is 1. The monoisotopic (exact) mass is 744 g/mol. The fraction of sp³-hybridized carbons (Fsp3) is 0.357. The van der Waals surface area contributed by atoms with Crippen LogP contribution in [0, 0.1) is 0 Å². The van der Waals surface area contributed by atoms with Crippen molar-refractivity contribution in [3.05, 3.63) is 108 Å². The van der Waals surface area contributed by atoms with Crippen molar-refractivity contribution in [2.45, 2.75) is 62.4 Å². The van der Waals surface area contributed by atoms with Crippen molar-refractivity contribution in [2.24, 2.45) is 0 Å². The van der Waals surface area contributed by atoms with Crippen molar-refractivity contribution >= 4 is 17.9 Å². The summed E-state index contributed by atoms with van der Waals surface area (Å²) in [5.41, 5.74) is 6.50. The molecule has 5 heterocycles. The van der Waals surface area contributed by atoms with E-state index >= 15 is 0 Å². The van der Waals surface area contributed by atoms with Gasteiger partial charge in [-0.2, -0.15) is 0 Å². The topological polar surface area (TPSA) is 140 Å². The second kappa shape index (κ2) is 15.5. The molecule has 13 heteroatoms. The van der Waals surface area contributed by atoms with Crippen molar-refractivity contribution in [1.29, 1.82) is 0 Å². The summed E-state index contributed by atoms with van der Waals surface area (Å²) in [6.45, 7) is 1.51. The molecule has 3 aromatic carbocycles. The molecule has 0 spiro atoms. The van der Waals surface area contributed by atoms with Gasteiger partial charge < -0.3 is 29.8 Å². The second-order valence-corrected chi connectivity index (χ2v) is 14.7. The van der Waals surface area contributed by atoms with Gasteiger partial charge in [0.2, 0.25) is 5.91 Å². The van der Waals surface area contributed by atoms with E-state index in [9.17, 15) is 18.8 Å². The zero-order chi connectivity index (χ0) is 38.1. The molecule has 0 saturated carbocycles. The van der Waals surface area contributed by atoms with Gasteiger partial charge in [0.1, 0.15) is 23.9 Å². The van der Waals surface area contributed by atoms with E-state index in [1.54, 1.807) is 11.1 Å². The first kappa shape index (κ1) is 36.2. The number of hydrogen-bond acceptors (Lipinski definition) is 7. The first-order chi connectivity index (χ1) is 26.8. The Morgan fingerprint density at radius 1 is 0.782 bits per heavy atom. The summed E-state index contributed by atoms with van der Waals surface area (Å²) < 4.78 is 18.8. The maximum atomic E-state index is 14.0. The summed E-state index contributed by atoms with van der Waals surface area (Å²) in [6.07, 6.45) is 5.53. The molecule has 2 aromatic heterocycles. The molecule has 3 N–H and O–H groups in total. The molecule has 8 rings (SSSR count). The number of aromatic amines is 2. The Labute approximate surface area is 319 Å². The van der Waals surface area contributed by atoms with Crippen molar-refractivity contribution in [3.63, 3.8) is 0 Å². The van der Waals surface area contributed by atoms with E-state index in [0.29, 0.717) is 31.0 Å². The Hall–Kier alpha value is -5.82. The molecular weight excluding hydrogens is 700 g/mol. The van der Waals surface area contributed by atoms with Gasteiger partial charge in [-0.3, -0.25) is 14.5 Å². The predicted molar refractivity (Wildman–Crippen MR) is 205 cm³/mol. The van der Waals surface area contributed by atoms with Crippen LogP contribution in [0.2, 0.25) is 0 Å². The number of hydrogen-bond donors (Lipinski definition) is 3. The highest BCUT2D eigenvalue weighted by Crippen LogP contribution is 2.36. The summed E-state index contributed by atoms with van der Waals surface area (Å²) in [7, 11) is 3.10. The number of nitrogens with one attached hydrogen (secondary N) is 3. The molecule has 0 radical (unpaired) electrons. The Bertz CT molecular complexity index is 2140. The Balaban J connectivity index is 0.925. The molecule has 0 unspecified atom stereocenters. The lowest BCUT2D eigenvalue weighted by Crippen LogP contribution is -2.44. The van der Waals surface area contributed by atoms with Crippen LogP contribution < -0.4 is 5.32 Å². The minimum atomic E-state index is -0.964. The summed E-state index contributed by atoms with van der Waals surface area (Å²) in [4.78, 5) is 61.2. The van der Waals surface area contributed by atoms with E-state index < -0.39 is 24.3 Å². The third kappa shape index (κ3) is 7.36. The number of benzene rings is 3. The molecule has 3 fully saturated rings. The summed E-state index contributed by atoms with van der Waals surface area (Å²) in [6, 6.07) is 24.0. The van der Waals surface area contributed by atoms with Gasteiger partial charge in [-0.25, -0.2) is 19.2 Å². The van der Waals surface area contributed by atoms with Gasteiger partial charge in [0.15, 0.2) is 0 Å². The number of imidazole rings is 2.